The molecule has 0 amide bonds. The van der Waals surface area contributed by atoms with Crippen LogP contribution in [0.5, 0.6) is 0 Å². The van der Waals surface area contributed by atoms with E-state index in [2.05, 4.69) is 10.6 Å². The summed E-state index contributed by atoms with van der Waals surface area (Å²) in [6.45, 7) is 3.04. The van der Waals surface area contributed by atoms with Gasteiger partial charge in [-0.2, -0.15) is 0 Å². The average molecular weight is 270 g/mol. The molecule has 0 radical (unpaired) electrons. The minimum absolute atomic E-state index is 0.00911. The molecule has 4 heteroatoms. The highest BCUT2D eigenvalue weighted by Gasteiger charge is 2.36. The topological polar surface area (TPSA) is 64.5 Å². The normalized spacial score (nSPS) is 33.3. The summed E-state index contributed by atoms with van der Waals surface area (Å²) >= 11 is 0. The van der Waals surface area contributed by atoms with Crippen LogP contribution in [0, 0.1) is 5.92 Å². The molecule has 4 nitrogen and oxygen atoms in total. The minimum Gasteiger partial charge on any atom is -0.394 e. The van der Waals surface area contributed by atoms with Gasteiger partial charge in [-0.3, -0.25) is 0 Å². The van der Waals surface area contributed by atoms with E-state index in [9.17, 15) is 10.2 Å². The van der Waals surface area contributed by atoms with Crippen molar-refractivity contribution in [2.75, 3.05) is 19.8 Å². The van der Waals surface area contributed by atoms with Crippen molar-refractivity contribution in [1.29, 1.82) is 0 Å². The second kappa shape index (κ2) is 7.02. The molecule has 0 aromatic carbocycles. The van der Waals surface area contributed by atoms with Crippen LogP contribution >= 0.6 is 0 Å². The van der Waals surface area contributed by atoms with E-state index in [4.69, 9.17) is 0 Å². The van der Waals surface area contributed by atoms with Gasteiger partial charge < -0.3 is 20.8 Å². The van der Waals surface area contributed by atoms with E-state index in [1.54, 1.807) is 0 Å². The molecule has 1 aliphatic heterocycles. The number of hydrogen-bond acceptors (Lipinski definition) is 4. The fourth-order valence-electron chi connectivity index (χ4n) is 3.65. The molecule has 1 heterocycles. The van der Waals surface area contributed by atoms with Gasteiger partial charge >= 0.3 is 0 Å². The summed E-state index contributed by atoms with van der Waals surface area (Å²) in [5.41, 5.74) is -0.547. The molecule has 3 atom stereocenters. The Morgan fingerprint density at radius 1 is 1.05 bits per heavy atom. The molecular formula is C15H30N2O2. The van der Waals surface area contributed by atoms with Crippen LogP contribution in [0.25, 0.3) is 0 Å². The van der Waals surface area contributed by atoms with Crippen molar-refractivity contribution in [3.8, 4) is 0 Å². The van der Waals surface area contributed by atoms with Crippen molar-refractivity contribution in [2.24, 2.45) is 5.92 Å². The number of piperidine rings is 1. The zero-order chi connectivity index (χ0) is 13.7. The summed E-state index contributed by atoms with van der Waals surface area (Å²) in [4.78, 5) is 0. The third-order valence-corrected chi connectivity index (χ3v) is 4.92. The first-order valence-electron chi connectivity index (χ1n) is 7.91. The summed E-state index contributed by atoms with van der Waals surface area (Å²) in [6.07, 6.45) is 8.91. The van der Waals surface area contributed by atoms with E-state index < -0.39 is 5.54 Å². The molecule has 0 aromatic heterocycles. The largest absolute Gasteiger partial charge is 0.394 e. The van der Waals surface area contributed by atoms with Crippen LogP contribution in [0.15, 0.2) is 0 Å². The van der Waals surface area contributed by atoms with Crippen LogP contribution in [0.3, 0.4) is 0 Å². The van der Waals surface area contributed by atoms with Gasteiger partial charge in [0, 0.05) is 12.1 Å². The van der Waals surface area contributed by atoms with E-state index >= 15 is 0 Å². The lowest BCUT2D eigenvalue weighted by Crippen LogP contribution is -2.59. The standard InChI is InChI=1S/C15H30N2O2/c1-15(10-18,11-19)17-14-8-3-2-6-12(14)13-7-4-5-9-16-13/h12-14,16-19H,2-11H2,1H3. The highest BCUT2D eigenvalue weighted by molar-refractivity contribution is 4.95. The van der Waals surface area contributed by atoms with Gasteiger partial charge in [-0.1, -0.05) is 19.3 Å². The van der Waals surface area contributed by atoms with Gasteiger partial charge in [0.05, 0.1) is 18.8 Å². The number of aliphatic hydroxyl groups excluding tert-OH is 2. The molecule has 1 saturated heterocycles. The van der Waals surface area contributed by atoms with Crippen LogP contribution < -0.4 is 10.6 Å². The Morgan fingerprint density at radius 2 is 1.74 bits per heavy atom. The fraction of sp³-hybridized carbons (Fsp3) is 1.00. The highest BCUT2D eigenvalue weighted by atomic mass is 16.3. The maximum absolute atomic E-state index is 9.47. The smallest absolute Gasteiger partial charge is 0.0633 e. The van der Waals surface area contributed by atoms with Crippen LogP contribution in [-0.4, -0.2) is 47.6 Å². The summed E-state index contributed by atoms with van der Waals surface area (Å²) in [5.74, 6) is 0.645. The van der Waals surface area contributed by atoms with Crippen molar-refractivity contribution in [3.63, 3.8) is 0 Å². The van der Waals surface area contributed by atoms with Crippen molar-refractivity contribution < 1.29 is 10.2 Å². The summed E-state index contributed by atoms with van der Waals surface area (Å²) in [5, 5.41) is 26.2. The van der Waals surface area contributed by atoms with Gasteiger partial charge in [0.25, 0.3) is 0 Å². The Kier molecular flexibility index (Phi) is 5.63. The molecule has 19 heavy (non-hydrogen) atoms. The first kappa shape index (κ1) is 15.2. The Balaban J connectivity index is 1.98. The van der Waals surface area contributed by atoms with E-state index in [1.807, 2.05) is 6.92 Å². The predicted molar refractivity (Wildman–Crippen MR) is 77.1 cm³/mol. The second-order valence-corrected chi connectivity index (χ2v) is 6.63. The highest BCUT2D eigenvalue weighted by Crippen LogP contribution is 2.31. The quantitative estimate of drug-likeness (QED) is 0.602. The third kappa shape index (κ3) is 3.91. The van der Waals surface area contributed by atoms with Crippen LogP contribution in [0.2, 0.25) is 0 Å². The lowest BCUT2D eigenvalue weighted by molar-refractivity contribution is 0.0678. The lowest BCUT2D eigenvalue weighted by Gasteiger charge is -2.43. The van der Waals surface area contributed by atoms with Crippen LogP contribution in [-0.2, 0) is 0 Å². The average Bonchev–Trinajstić information content (AvgIpc) is 2.48. The number of nitrogens with one attached hydrogen (secondary N) is 2. The van der Waals surface area contributed by atoms with Crippen molar-refractivity contribution in [3.05, 3.63) is 0 Å². The first-order valence-corrected chi connectivity index (χ1v) is 7.91. The van der Waals surface area contributed by atoms with Gasteiger partial charge in [-0.05, 0) is 45.1 Å². The lowest BCUT2D eigenvalue weighted by atomic mass is 9.76. The van der Waals surface area contributed by atoms with Gasteiger partial charge in [0.15, 0.2) is 0 Å². The molecule has 0 aromatic rings. The molecule has 1 aliphatic carbocycles. The minimum atomic E-state index is -0.547. The summed E-state index contributed by atoms with van der Waals surface area (Å²) in [7, 11) is 0. The molecular weight excluding hydrogens is 240 g/mol. The molecule has 4 N–H and O–H groups in total. The first-order chi connectivity index (χ1) is 9.18. The maximum Gasteiger partial charge on any atom is 0.0633 e. The maximum atomic E-state index is 9.47. The molecule has 2 fully saturated rings. The Labute approximate surface area is 117 Å². The van der Waals surface area contributed by atoms with Gasteiger partial charge in [-0.25, -0.2) is 0 Å². The molecule has 2 rings (SSSR count). The summed E-state index contributed by atoms with van der Waals surface area (Å²) in [6, 6.07) is 1.04. The van der Waals surface area contributed by atoms with E-state index in [0.717, 1.165) is 6.54 Å². The van der Waals surface area contributed by atoms with E-state index in [-0.39, 0.29) is 13.2 Å². The van der Waals surface area contributed by atoms with Crippen LogP contribution in [0.1, 0.15) is 51.9 Å². The summed E-state index contributed by atoms with van der Waals surface area (Å²) < 4.78 is 0. The SMILES string of the molecule is CC(CO)(CO)NC1CCCCC1C1CCCCN1. The van der Waals surface area contributed by atoms with E-state index in [0.29, 0.717) is 18.0 Å². The van der Waals surface area contributed by atoms with Crippen molar-refractivity contribution >= 4 is 0 Å². The van der Waals surface area contributed by atoms with Crippen LogP contribution in [0.4, 0.5) is 0 Å². The molecule has 0 bridgehead atoms. The molecule has 0 spiro atoms. The Morgan fingerprint density at radius 3 is 2.37 bits per heavy atom. The fourth-order valence-corrected chi connectivity index (χ4v) is 3.65. The monoisotopic (exact) mass is 270 g/mol. The Bertz CT molecular complexity index is 263. The van der Waals surface area contributed by atoms with Gasteiger partial charge in [0.2, 0.25) is 0 Å². The second-order valence-electron chi connectivity index (χ2n) is 6.63. The number of hydrogen-bond donors (Lipinski definition) is 4. The molecule has 112 valence electrons. The predicted octanol–water partition coefficient (Wildman–Crippen LogP) is 1.02. The van der Waals surface area contributed by atoms with E-state index in [1.165, 1.54) is 44.9 Å². The van der Waals surface area contributed by atoms with Gasteiger partial charge in [0.1, 0.15) is 0 Å². The molecule has 2 aliphatic rings. The zero-order valence-electron chi connectivity index (χ0n) is 12.2. The van der Waals surface area contributed by atoms with Crippen molar-refractivity contribution in [2.45, 2.75) is 69.5 Å². The number of aliphatic hydroxyl groups is 2. The van der Waals surface area contributed by atoms with Gasteiger partial charge in [-0.15, -0.1) is 0 Å². The molecule has 3 unspecified atom stereocenters. The van der Waals surface area contributed by atoms with Crippen molar-refractivity contribution in [1.82, 2.24) is 10.6 Å². The number of rotatable bonds is 5. The zero-order valence-corrected chi connectivity index (χ0v) is 12.2. The molecule has 1 saturated carbocycles. The third-order valence-electron chi connectivity index (χ3n) is 4.92. The Hall–Kier alpha value is -0.160.